The molecule has 0 bridgehead atoms. The van der Waals surface area contributed by atoms with E-state index in [4.69, 9.17) is 4.98 Å². The summed E-state index contributed by atoms with van der Waals surface area (Å²) in [6.07, 6.45) is 0. The summed E-state index contributed by atoms with van der Waals surface area (Å²) in [5.74, 6) is 0. The third-order valence-corrected chi connectivity index (χ3v) is 8.36. The van der Waals surface area contributed by atoms with Crippen LogP contribution in [0.2, 0.25) is 0 Å². The second-order valence-electron chi connectivity index (χ2n) is 10.1. The van der Waals surface area contributed by atoms with Gasteiger partial charge in [0, 0.05) is 10.1 Å². The molecule has 0 radical (unpaired) electrons. The van der Waals surface area contributed by atoms with E-state index in [2.05, 4.69) is 85.8 Å². The fraction of sp³-hybridized carbons (Fsp3) is 0.148. The maximum atomic E-state index is 5.12. The van der Waals surface area contributed by atoms with Crippen LogP contribution in [0.25, 0.3) is 48.1 Å². The topological polar surface area (TPSA) is 17.3 Å². The maximum absolute atomic E-state index is 5.12. The van der Waals surface area contributed by atoms with Gasteiger partial charge in [-0.1, -0.05) is 86.1 Å². The Morgan fingerprint density at radius 2 is 1.74 bits per heavy atom. The van der Waals surface area contributed by atoms with Gasteiger partial charge in [-0.05, 0) is 50.5 Å². The summed E-state index contributed by atoms with van der Waals surface area (Å²) in [7, 11) is 0. The molecule has 2 aromatic heterocycles. The Morgan fingerprint density at radius 3 is 2.61 bits per heavy atom. The number of fused-ring (bicyclic) bond motifs is 4. The highest BCUT2D eigenvalue weighted by Gasteiger charge is 2.40. The molecule has 2 nitrogen and oxygen atoms in total. The minimum absolute atomic E-state index is 0.116. The number of hydrogen-bond donors (Lipinski definition) is 0. The van der Waals surface area contributed by atoms with Gasteiger partial charge >= 0.3 is 0 Å². The molecular formula is C27H19BN2S. The third-order valence-electron chi connectivity index (χ3n) is 7.36. The second kappa shape index (κ2) is 5.03. The predicted molar refractivity (Wildman–Crippen MR) is 134 cm³/mol. The molecule has 146 valence electrons. The zero-order chi connectivity index (χ0) is 20.6. The van der Waals surface area contributed by atoms with Crippen LogP contribution in [-0.4, -0.2) is 16.1 Å². The lowest BCUT2D eigenvalue weighted by Gasteiger charge is -2.24. The number of rotatable bonds is 0. The van der Waals surface area contributed by atoms with Crippen molar-refractivity contribution in [2.75, 3.05) is 0 Å². The summed E-state index contributed by atoms with van der Waals surface area (Å²) in [5, 5.41) is 2.73. The van der Waals surface area contributed by atoms with Crippen molar-refractivity contribution in [1.29, 1.82) is 0 Å². The average Bonchev–Trinajstić information content (AvgIpc) is 3.29. The Labute approximate surface area is 184 Å². The molecule has 2 aliphatic heterocycles. The molecule has 0 fully saturated rings. The van der Waals surface area contributed by atoms with Crippen molar-refractivity contribution < 1.29 is 0 Å². The first-order valence-corrected chi connectivity index (χ1v) is 11.8. The highest BCUT2D eigenvalue weighted by molar-refractivity contribution is 7.23. The van der Waals surface area contributed by atoms with Crippen LogP contribution in [0.5, 0.6) is 0 Å². The largest absolute Gasteiger partial charge is 0.285 e. The van der Waals surface area contributed by atoms with Gasteiger partial charge in [-0.15, -0.1) is 0 Å². The first kappa shape index (κ1) is 16.6. The van der Waals surface area contributed by atoms with Gasteiger partial charge in [-0.2, -0.15) is 0 Å². The predicted octanol–water partition coefficient (Wildman–Crippen LogP) is 4.96. The van der Waals surface area contributed by atoms with Crippen LogP contribution in [0.4, 0.5) is 0 Å². The SMILES string of the molecule is CC(C)(C)c1cc2ccc3c4c2c(c1)sc1nc2ccc5c(c2n14)B3c1ccccc1-5. The van der Waals surface area contributed by atoms with Crippen molar-refractivity contribution in [3.8, 4) is 11.1 Å². The van der Waals surface area contributed by atoms with Gasteiger partial charge in [0.25, 0.3) is 0 Å². The number of benzene rings is 4. The van der Waals surface area contributed by atoms with Crippen LogP contribution in [0.15, 0.2) is 60.7 Å². The summed E-state index contributed by atoms with van der Waals surface area (Å²) in [6, 6.07) is 23.0. The van der Waals surface area contributed by atoms with E-state index in [0.29, 0.717) is 6.71 Å². The normalized spacial score (nSPS) is 14.2. The van der Waals surface area contributed by atoms with E-state index in [9.17, 15) is 0 Å². The van der Waals surface area contributed by atoms with Gasteiger partial charge in [-0.25, -0.2) is 4.98 Å². The first-order valence-electron chi connectivity index (χ1n) is 10.9. The molecule has 2 aliphatic rings. The maximum Gasteiger partial charge on any atom is 0.248 e. The fourth-order valence-electron chi connectivity index (χ4n) is 5.96. The highest BCUT2D eigenvalue weighted by Crippen LogP contribution is 2.40. The van der Waals surface area contributed by atoms with Crippen molar-refractivity contribution in [1.82, 2.24) is 9.38 Å². The molecule has 4 heteroatoms. The van der Waals surface area contributed by atoms with E-state index in [1.165, 1.54) is 59.6 Å². The van der Waals surface area contributed by atoms with Crippen molar-refractivity contribution >= 4 is 71.4 Å². The minimum atomic E-state index is 0.116. The molecule has 6 aromatic rings. The quantitative estimate of drug-likeness (QED) is 0.321. The molecule has 8 rings (SSSR count). The number of imidazole rings is 1. The van der Waals surface area contributed by atoms with E-state index in [1.54, 1.807) is 0 Å². The number of nitrogens with zero attached hydrogens (tertiary/aromatic N) is 2. The monoisotopic (exact) mass is 414 g/mol. The van der Waals surface area contributed by atoms with E-state index in [1.807, 2.05) is 11.3 Å². The molecule has 4 aromatic carbocycles. The second-order valence-corrected chi connectivity index (χ2v) is 11.1. The average molecular weight is 414 g/mol. The molecule has 0 N–H and O–H groups in total. The summed E-state index contributed by atoms with van der Waals surface area (Å²) in [5.41, 5.74) is 12.3. The molecule has 0 saturated heterocycles. The molecule has 0 unspecified atom stereocenters. The Hall–Kier alpha value is -3.11. The van der Waals surface area contributed by atoms with Gasteiger partial charge < -0.3 is 0 Å². The van der Waals surface area contributed by atoms with Gasteiger partial charge in [0.2, 0.25) is 6.71 Å². The van der Waals surface area contributed by atoms with Crippen LogP contribution in [0.1, 0.15) is 26.3 Å². The van der Waals surface area contributed by atoms with E-state index in [0.717, 1.165) is 10.5 Å². The molecule has 0 atom stereocenters. The van der Waals surface area contributed by atoms with E-state index < -0.39 is 0 Å². The Morgan fingerprint density at radius 1 is 0.871 bits per heavy atom. The Kier molecular flexibility index (Phi) is 2.69. The van der Waals surface area contributed by atoms with Crippen LogP contribution < -0.4 is 16.4 Å². The van der Waals surface area contributed by atoms with Gasteiger partial charge in [-0.3, -0.25) is 4.40 Å². The van der Waals surface area contributed by atoms with Crippen LogP contribution in [-0.2, 0) is 5.41 Å². The zero-order valence-electron chi connectivity index (χ0n) is 17.7. The van der Waals surface area contributed by atoms with Gasteiger partial charge in [0.05, 0.1) is 16.6 Å². The van der Waals surface area contributed by atoms with Crippen molar-refractivity contribution in [3.63, 3.8) is 0 Å². The van der Waals surface area contributed by atoms with Crippen LogP contribution in [0, 0.1) is 0 Å². The lowest BCUT2D eigenvalue weighted by Crippen LogP contribution is -2.51. The minimum Gasteiger partial charge on any atom is -0.285 e. The number of aromatic nitrogens is 2. The summed E-state index contributed by atoms with van der Waals surface area (Å²) in [4.78, 5) is 6.22. The van der Waals surface area contributed by atoms with Gasteiger partial charge in [0.1, 0.15) is 0 Å². The van der Waals surface area contributed by atoms with E-state index >= 15 is 0 Å². The fourth-order valence-corrected chi connectivity index (χ4v) is 7.07. The summed E-state index contributed by atoms with van der Waals surface area (Å²) in [6.45, 7) is 7.19. The molecule has 4 heterocycles. The molecular weight excluding hydrogens is 395 g/mol. The molecule has 0 amide bonds. The Balaban J connectivity index is 1.66. The third kappa shape index (κ3) is 1.81. The molecule has 0 spiro atoms. The Bertz CT molecular complexity index is 1780. The lowest BCUT2D eigenvalue weighted by molar-refractivity contribution is 0.592. The van der Waals surface area contributed by atoms with Gasteiger partial charge in [0.15, 0.2) is 4.96 Å². The summed E-state index contributed by atoms with van der Waals surface area (Å²) >= 11 is 1.83. The van der Waals surface area contributed by atoms with Crippen molar-refractivity contribution in [2.45, 2.75) is 26.2 Å². The van der Waals surface area contributed by atoms with Crippen LogP contribution >= 0.6 is 11.3 Å². The molecule has 0 aliphatic carbocycles. The van der Waals surface area contributed by atoms with Crippen molar-refractivity contribution in [3.05, 3.63) is 66.2 Å². The van der Waals surface area contributed by atoms with Crippen LogP contribution in [0.3, 0.4) is 0 Å². The van der Waals surface area contributed by atoms with Crippen molar-refractivity contribution in [2.24, 2.45) is 0 Å². The zero-order valence-corrected chi connectivity index (χ0v) is 18.5. The standard InChI is InChI=1S/C27H19BN2S/c1-27(2,3)15-12-14-8-10-19-24-22(14)21(13-15)31-26-29-20-11-9-17-16-6-4-5-7-18(16)28(19)23(17)25(20)30(24)26/h4-13H,1-3H3. The highest BCUT2D eigenvalue weighted by atomic mass is 32.1. The lowest BCUT2D eigenvalue weighted by atomic mass is 9.38. The molecule has 31 heavy (non-hydrogen) atoms. The van der Waals surface area contributed by atoms with E-state index in [-0.39, 0.29) is 5.41 Å². The first-order chi connectivity index (χ1) is 15.0. The summed E-state index contributed by atoms with van der Waals surface area (Å²) < 4.78 is 3.81. The number of hydrogen-bond acceptors (Lipinski definition) is 2. The smallest absolute Gasteiger partial charge is 0.248 e. The molecule has 0 saturated carbocycles.